The van der Waals surface area contributed by atoms with Gasteiger partial charge < -0.3 is 4.74 Å². The maximum absolute atomic E-state index is 8.52. The van der Waals surface area contributed by atoms with Gasteiger partial charge in [0.15, 0.2) is 0 Å². The predicted octanol–water partition coefficient (Wildman–Crippen LogP) is 2.76. The molecule has 0 unspecified atom stereocenters. The average molecular weight is 217 g/mol. The van der Waals surface area contributed by atoms with Crippen molar-refractivity contribution in [3.05, 3.63) is 60.8 Å². The van der Waals surface area contributed by atoms with Gasteiger partial charge in [-0.2, -0.15) is 0 Å². The summed E-state index contributed by atoms with van der Waals surface area (Å²) in [4.78, 5) is 0. The molecular weight excluding hydrogens is 202 g/mol. The topological polar surface area (TPSA) is 41.5 Å². The van der Waals surface area contributed by atoms with Crippen LogP contribution < -0.4 is 10.2 Å². The first-order chi connectivity index (χ1) is 7.76. The van der Waals surface area contributed by atoms with Crippen molar-refractivity contribution < 1.29 is 9.94 Å². The fourth-order valence-corrected chi connectivity index (χ4v) is 1.06. The van der Waals surface area contributed by atoms with Gasteiger partial charge in [0.25, 0.3) is 0 Å². The highest BCUT2D eigenvalue weighted by molar-refractivity contribution is 5.53. The maximum atomic E-state index is 8.52. The molecule has 0 aliphatic heterocycles. The molecule has 0 atom stereocenters. The highest BCUT2D eigenvalue weighted by Crippen LogP contribution is 2.13. The molecule has 16 heavy (non-hydrogen) atoms. The Hall–Kier alpha value is -2.00. The smallest absolute Gasteiger partial charge is 0.119 e. The van der Waals surface area contributed by atoms with Crippen molar-refractivity contribution in [3.63, 3.8) is 0 Å². The summed E-state index contributed by atoms with van der Waals surface area (Å²) in [6, 6.07) is 7.58. The lowest BCUT2D eigenvalue weighted by Crippen LogP contribution is -2.01. The number of benzene rings is 1. The molecule has 0 radical (unpaired) electrons. The Morgan fingerprint density at radius 2 is 2.06 bits per heavy atom. The van der Waals surface area contributed by atoms with E-state index in [9.17, 15) is 0 Å². The van der Waals surface area contributed by atoms with Gasteiger partial charge >= 0.3 is 0 Å². The van der Waals surface area contributed by atoms with Crippen molar-refractivity contribution in [2.75, 3.05) is 6.61 Å². The van der Waals surface area contributed by atoms with Crippen molar-refractivity contribution in [2.45, 2.75) is 0 Å². The van der Waals surface area contributed by atoms with E-state index < -0.39 is 0 Å². The third kappa shape index (κ3) is 4.02. The highest BCUT2D eigenvalue weighted by Gasteiger charge is 1.91. The summed E-state index contributed by atoms with van der Waals surface area (Å²) < 4.78 is 5.34. The zero-order valence-corrected chi connectivity index (χ0v) is 9.02. The van der Waals surface area contributed by atoms with Crippen LogP contribution in [-0.2, 0) is 0 Å². The summed E-state index contributed by atoms with van der Waals surface area (Å²) in [6.07, 6.45) is 5.22. The van der Waals surface area contributed by atoms with Crippen LogP contribution >= 0.6 is 0 Å². The normalized spacial score (nSPS) is 10.1. The van der Waals surface area contributed by atoms with E-state index in [0.29, 0.717) is 12.3 Å². The number of rotatable bonds is 6. The number of hydrogen-bond acceptors (Lipinski definition) is 3. The van der Waals surface area contributed by atoms with Crippen LogP contribution in [0.4, 0.5) is 0 Å². The van der Waals surface area contributed by atoms with Gasteiger partial charge in [-0.3, -0.25) is 10.7 Å². The van der Waals surface area contributed by atoms with Crippen LogP contribution in [0.2, 0.25) is 0 Å². The van der Waals surface area contributed by atoms with Crippen LogP contribution in [0.15, 0.2) is 55.3 Å². The van der Waals surface area contributed by atoms with E-state index in [2.05, 4.69) is 13.2 Å². The number of ether oxygens (including phenoxy) is 1. The van der Waals surface area contributed by atoms with E-state index >= 15 is 0 Å². The van der Waals surface area contributed by atoms with Gasteiger partial charge in [-0.15, -0.1) is 0 Å². The van der Waals surface area contributed by atoms with E-state index in [4.69, 9.17) is 9.94 Å². The molecule has 2 N–H and O–H groups in total. The van der Waals surface area contributed by atoms with Crippen LogP contribution in [-0.4, -0.2) is 11.8 Å². The molecule has 0 heterocycles. The quantitative estimate of drug-likeness (QED) is 0.437. The molecular formula is C13H15NO2. The number of hydroxylamine groups is 1. The van der Waals surface area contributed by atoms with Crippen molar-refractivity contribution in [1.29, 1.82) is 0 Å². The predicted molar refractivity (Wildman–Crippen MR) is 65.2 cm³/mol. The lowest BCUT2D eigenvalue weighted by Gasteiger charge is -2.02. The Morgan fingerprint density at radius 3 is 2.62 bits per heavy atom. The van der Waals surface area contributed by atoms with Gasteiger partial charge in [-0.05, 0) is 23.8 Å². The van der Waals surface area contributed by atoms with Crippen molar-refractivity contribution in [2.24, 2.45) is 0 Å². The zero-order valence-electron chi connectivity index (χ0n) is 9.02. The molecule has 1 aromatic carbocycles. The van der Waals surface area contributed by atoms with Gasteiger partial charge in [-0.25, -0.2) is 0 Å². The summed E-state index contributed by atoms with van der Waals surface area (Å²) >= 11 is 0. The summed E-state index contributed by atoms with van der Waals surface area (Å²) in [7, 11) is 0. The Balaban J connectivity index is 2.60. The largest absolute Gasteiger partial charge is 0.490 e. The van der Waals surface area contributed by atoms with E-state index in [1.165, 1.54) is 0 Å². The summed E-state index contributed by atoms with van der Waals surface area (Å²) in [5.41, 5.74) is 3.40. The van der Waals surface area contributed by atoms with Gasteiger partial charge in [0.05, 0.1) is 5.70 Å². The summed E-state index contributed by atoms with van der Waals surface area (Å²) in [5, 5.41) is 8.52. The Bertz CT molecular complexity index is 379. The Morgan fingerprint density at radius 1 is 1.38 bits per heavy atom. The van der Waals surface area contributed by atoms with Crippen LogP contribution in [0, 0.1) is 0 Å². The minimum absolute atomic E-state index is 0.437. The second-order valence-electron chi connectivity index (χ2n) is 3.14. The molecule has 0 fully saturated rings. The molecule has 0 aromatic heterocycles. The first-order valence-corrected chi connectivity index (χ1v) is 4.87. The van der Waals surface area contributed by atoms with E-state index in [1.54, 1.807) is 12.2 Å². The standard InChI is InChI=1S/C13H15NO2/c1-3-10-16-13-8-6-12(7-9-13)5-4-11(2)14-15/h3-9,14-15H,1-2,10H2/b5-4+. The summed E-state index contributed by atoms with van der Waals surface area (Å²) in [6.45, 7) is 7.64. The lowest BCUT2D eigenvalue weighted by atomic mass is 10.2. The fraction of sp³-hybridized carbons (Fsp3) is 0.0769. The number of nitrogens with one attached hydrogen (secondary N) is 1. The van der Waals surface area contributed by atoms with Crippen LogP contribution in [0.5, 0.6) is 5.75 Å². The van der Waals surface area contributed by atoms with Crippen molar-refractivity contribution >= 4 is 6.08 Å². The van der Waals surface area contributed by atoms with Crippen molar-refractivity contribution in [3.8, 4) is 5.75 Å². The molecule has 3 heteroatoms. The number of hydrogen-bond donors (Lipinski definition) is 2. The molecule has 0 bridgehead atoms. The van der Waals surface area contributed by atoms with Gasteiger partial charge in [0.2, 0.25) is 0 Å². The van der Waals surface area contributed by atoms with Gasteiger partial charge in [-0.1, -0.05) is 37.4 Å². The van der Waals surface area contributed by atoms with Crippen LogP contribution in [0.1, 0.15) is 5.56 Å². The highest BCUT2D eigenvalue weighted by atomic mass is 16.5. The molecule has 0 saturated heterocycles. The molecule has 1 rings (SSSR count). The second kappa shape index (κ2) is 6.48. The van der Waals surface area contributed by atoms with E-state index in [1.807, 2.05) is 35.8 Å². The third-order valence-corrected chi connectivity index (χ3v) is 1.87. The molecule has 0 spiro atoms. The van der Waals surface area contributed by atoms with Gasteiger partial charge in [0.1, 0.15) is 12.4 Å². The molecule has 0 amide bonds. The Kier molecular flexibility index (Phi) is 4.89. The second-order valence-corrected chi connectivity index (χ2v) is 3.14. The Labute approximate surface area is 95.3 Å². The average Bonchev–Trinajstić information content (AvgIpc) is 2.34. The van der Waals surface area contributed by atoms with Crippen LogP contribution in [0.3, 0.4) is 0 Å². The molecule has 3 nitrogen and oxygen atoms in total. The third-order valence-electron chi connectivity index (χ3n) is 1.87. The molecule has 84 valence electrons. The maximum Gasteiger partial charge on any atom is 0.119 e. The zero-order chi connectivity index (χ0) is 11.8. The monoisotopic (exact) mass is 217 g/mol. The first-order valence-electron chi connectivity index (χ1n) is 4.87. The minimum atomic E-state index is 0.437. The van der Waals surface area contributed by atoms with Crippen molar-refractivity contribution in [1.82, 2.24) is 5.48 Å². The number of allylic oxidation sites excluding steroid dienone is 1. The minimum Gasteiger partial charge on any atom is -0.490 e. The van der Waals surface area contributed by atoms with E-state index in [-0.39, 0.29) is 0 Å². The molecule has 0 aliphatic carbocycles. The van der Waals surface area contributed by atoms with Gasteiger partial charge in [0, 0.05) is 0 Å². The lowest BCUT2D eigenvalue weighted by molar-refractivity contribution is 0.205. The molecule has 1 aromatic rings. The summed E-state index contributed by atoms with van der Waals surface area (Å²) in [5.74, 6) is 0.802. The first kappa shape index (κ1) is 12.1. The molecule has 0 aliphatic rings. The fourth-order valence-electron chi connectivity index (χ4n) is 1.06. The van der Waals surface area contributed by atoms with E-state index in [0.717, 1.165) is 11.3 Å². The molecule has 0 saturated carbocycles. The SMILES string of the molecule is C=CCOc1ccc(/C=C/C(=C)NO)cc1. The van der Waals surface area contributed by atoms with Crippen LogP contribution in [0.25, 0.3) is 6.08 Å².